The Labute approximate surface area is 173 Å². The van der Waals surface area contributed by atoms with E-state index < -0.39 is 5.91 Å². The summed E-state index contributed by atoms with van der Waals surface area (Å²) in [6.45, 7) is 0.718. The molecule has 2 rings (SSSR count). The molecule has 0 saturated carbocycles. The molecule has 29 heavy (non-hydrogen) atoms. The predicted octanol–water partition coefficient (Wildman–Crippen LogP) is 1.39. The standard InChI is InChI=1S/C18H23ClN8O2/c19-14-16(22)26-15(21)13(25-14)17(28)27-18(23)24-9-2-1-3-11-4-6-12(7-5-11)29-10-8-20/h4-8,20H,1-3,9-10H2,(H4,21,22,26)(H3,23,24,27,28). The molecule has 0 fully saturated rings. The first kappa shape index (κ1) is 21.9. The van der Waals surface area contributed by atoms with Gasteiger partial charge < -0.3 is 27.3 Å². The van der Waals surface area contributed by atoms with Crippen LogP contribution in [-0.4, -0.2) is 41.2 Å². The van der Waals surface area contributed by atoms with Gasteiger partial charge in [-0.3, -0.25) is 15.1 Å². The fourth-order valence-corrected chi connectivity index (χ4v) is 2.48. The number of aryl methyl sites for hydroxylation is 1. The fourth-order valence-electron chi connectivity index (χ4n) is 2.35. The summed E-state index contributed by atoms with van der Waals surface area (Å²) in [7, 11) is 0. The highest BCUT2D eigenvalue weighted by molar-refractivity contribution is 6.31. The molecular weight excluding hydrogens is 396 g/mol. The van der Waals surface area contributed by atoms with Crippen molar-refractivity contribution in [3.63, 3.8) is 0 Å². The van der Waals surface area contributed by atoms with Crippen molar-refractivity contribution in [3.8, 4) is 5.75 Å². The molecule has 2 aromatic rings. The second-order valence-corrected chi connectivity index (χ2v) is 6.33. The maximum atomic E-state index is 12.1. The number of carbonyl (C=O) groups is 1. The van der Waals surface area contributed by atoms with Gasteiger partial charge in [-0.25, -0.2) is 9.97 Å². The topological polar surface area (TPSA) is 178 Å². The Morgan fingerprint density at radius 3 is 2.62 bits per heavy atom. The number of ether oxygens (including phenoxy) is 1. The van der Waals surface area contributed by atoms with E-state index in [1.54, 1.807) is 0 Å². The smallest absolute Gasteiger partial charge is 0.280 e. The van der Waals surface area contributed by atoms with E-state index in [-0.39, 0.29) is 35.0 Å². The SMILES string of the molecule is N=CCOc1ccc(CCCCN=C(N)NC(=O)c2nc(Cl)c(N)nc2N)cc1. The van der Waals surface area contributed by atoms with Gasteiger partial charge in [0.25, 0.3) is 5.91 Å². The zero-order chi connectivity index (χ0) is 21.2. The van der Waals surface area contributed by atoms with Crippen molar-refractivity contribution in [1.82, 2.24) is 15.3 Å². The summed E-state index contributed by atoms with van der Waals surface area (Å²) in [6.07, 6.45) is 3.77. The maximum absolute atomic E-state index is 12.1. The highest BCUT2D eigenvalue weighted by atomic mass is 35.5. The Morgan fingerprint density at radius 1 is 1.21 bits per heavy atom. The molecule has 0 radical (unpaired) electrons. The molecule has 0 bridgehead atoms. The van der Waals surface area contributed by atoms with Crippen LogP contribution in [0, 0.1) is 5.41 Å². The van der Waals surface area contributed by atoms with Crippen molar-refractivity contribution in [2.24, 2.45) is 10.7 Å². The number of hydrogen-bond donors (Lipinski definition) is 5. The van der Waals surface area contributed by atoms with Crippen LogP contribution in [0.25, 0.3) is 0 Å². The van der Waals surface area contributed by atoms with Gasteiger partial charge in [-0.15, -0.1) is 0 Å². The van der Waals surface area contributed by atoms with E-state index in [9.17, 15) is 4.79 Å². The number of amides is 1. The number of hydrogen-bond acceptors (Lipinski definition) is 8. The fraction of sp³-hybridized carbons (Fsp3) is 0.278. The third kappa shape index (κ3) is 6.92. The molecule has 0 aliphatic rings. The minimum Gasteiger partial charge on any atom is -0.488 e. The lowest BCUT2D eigenvalue weighted by Crippen LogP contribution is -2.38. The van der Waals surface area contributed by atoms with Crippen molar-refractivity contribution in [3.05, 3.63) is 40.7 Å². The molecule has 0 saturated heterocycles. The van der Waals surface area contributed by atoms with Crippen molar-refractivity contribution >= 4 is 41.3 Å². The Bertz CT molecular complexity index is 886. The highest BCUT2D eigenvalue weighted by Crippen LogP contribution is 2.17. The zero-order valence-electron chi connectivity index (χ0n) is 15.7. The number of nitrogens with two attached hydrogens (primary N) is 3. The molecule has 0 aliphatic carbocycles. The van der Waals surface area contributed by atoms with E-state index in [0.717, 1.165) is 25.0 Å². The summed E-state index contributed by atoms with van der Waals surface area (Å²) < 4.78 is 5.32. The number of aromatic nitrogens is 2. The van der Waals surface area contributed by atoms with Gasteiger partial charge >= 0.3 is 0 Å². The number of rotatable bonds is 9. The van der Waals surface area contributed by atoms with Gasteiger partial charge in [0.2, 0.25) is 0 Å². The molecule has 1 aromatic heterocycles. The lowest BCUT2D eigenvalue weighted by Gasteiger charge is -2.07. The molecule has 1 aromatic carbocycles. The second-order valence-electron chi connectivity index (χ2n) is 5.97. The van der Waals surface area contributed by atoms with Crippen molar-refractivity contribution in [2.75, 3.05) is 24.6 Å². The molecule has 0 spiro atoms. The van der Waals surface area contributed by atoms with Gasteiger partial charge in [0.15, 0.2) is 28.4 Å². The molecule has 154 valence electrons. The van der Waals surface area contributed by atoms with Gasteiger partial charge in [-0.05, 0) is 37.0 Å². The summed E-state index contributed by atoms with van der Waals surface area (Å²) in [6, 6.07) is 7.73. The minimum atomic E-state index is -0.663. The van der Waals surface area contributed by atoms with Crippen LogP contribution in [-0.2, 0) is 6.42 Å². The molecule has 0 unspecified atom stereocenters. The van der Waals surface area contributed by atoms with E-state index in [1.165, 1.54) is 11.8 Å². The number of nitrogen functional groups attached to an aromatic ring is 2. The Balaban J connectivity index is 1.75. The van der Waals surface area contributed by atoms with E-state index >= 15 is 0 Å². The summed E-state index contributed by atoms with van der Waals surface area (Å²) in [5, 5.41) is 9.22. The monoisotopic (exact) mass is 418 g/mol. The number of halogens is 1. The van der Waals surface area contributed by atoms with E-state index in [1.807, 2.05) is 24.3 Å². The molecule has 1 heterocycles. The summed E-state index contributed by atoms with van der Waals surface area (Å²) in [5.41, 5.74) is 17.8. The molecule has 8 N–H and O–H groups in total. The van der Waals surface area contributed by atoms with Gasteiger partial charge in [0.05, 0.1) is 0 Å². The Kier molecular flexibility index (Phi) is 8.16. The van der Waals surface area contributed by atoms with E-state index in [4.69, 9.17) is 38.9 Å². The second kappa shape index (κ2) is 10.8. The van der Waals surface area contributed by atoms with Gasteiger partial charge in [-0.2, -0.15) is 0 Å². The molecule has 0 atom stereocenters. The highest BCUT2D eigenvalue weighted by Gasteiger charge is 2.16. The number of unbranched alkanes of at least 4 members (excludes halogenated alkanes) is 1. The Morgan fingerprint density at radius 2 is 1.93 bits per heavy atom. The minimum absolute atomic E-state index is 0.0446. The average molecular weight is 419 g/mol. The van der Waals surface area contributed by atoms with E-state index in [0.29, 0.717) is 6.54 Å². The Hall–Kier alpha value is -3.40. The number of aliphatic imine (C=N–C) groups is 1. The maximum Gasteiger partial charge on any atom is 0.280 e. The lowest BCUT2D eigenvalue weighted by molar-refractivity contribution is 0.0972. The summed E-state index contributed by atoms with van der Waals surface area (Å²) >= 11 is 5.75. The third-order valence-electron chi connectivity index (χ3n) is 3.77. The first-order valence-electron chi connectivity index (χ1n) is 8.81. The molecule has 10 nitrogen and oxygen atoms in total. The molecular formula is C18H23ClN8O2. The van der Waals surface area contributed by atoms with Crippen LogP contribution in [0.4, 0.5) is 11.6 Å². The van der Waals surface area contributed by atoms with Gasteiger partial charge in [-0.1, -0.05) is 23.7 Å². The first-order valence-corrected chi connectivity index (χ1v) is 9.19. The largest absolute Gasteiger partial charge is 0.488 e. The van der Waals surface area contributed by atoms with Crippen LogP contribution in [0.5, 0.6) is 5.75 Å². The number of benzene rings is 1. The van der Waals surface area contributed by atoms with Crippen LogP contribution in [0.1, 0.15) is 28.9 Å². The van der Waals surface area contributed by atoms with Crippen LogP contribution < -0.4 is 27.3 Å². The summed E-state index contributed by atoms with van der Waals surface area (Å²) in [5.74, 6) is -0.180. The van der Waals surface area contributed by atoms with Crippen LogP contribution >= 0.6 is 11.6 Å². The third-order valence-corrected chi connectivity index (χ3v) is 4.05. The zero-order valence-corrected chi connectivity index (χ0v) is 16.4. The molecule has 1 amide bonds. The van der Waals surface area contributed by atoms with Gasteiger partial charge in [0, 0.05) is 12.8 Å². The van der Waals surface area contributed by atoms with Crippen LogP contribution in [0.15, 0.2) is 29.3 Å². The predicted molar refractivity (Wildman–Crippen MR) is 113 cm³/mol. The average Bonchev–Trinajstić information content (AvgIpc) is 2.69. The molecule has 11 heteroatoms. The van der Waals surface area contributed by atoms with Crippen LogP contribution in [0.2, 0.25) is 5.15 Å². The molecule has 0 aliphatic heterocycles. The van der Waals surface area contributed by atoms with Crippen molar-refractivity contribution < 1.29 is 9.53 Å². The quantitative estimate of drug-likeness (QED) is 0.232. The first-order chi connectivity index (χ1) is 13.9. The van der Waals surface area contributed by atoms with Crippen molar-refractivity contribution in [1.29, 1.82) is 5.41 Å². The number of guanidine groups is 1. The van der Waals surface area contributed by atoms with Gasteiger partial charge in [0.1, 0.15) is 12.4 Å². The number of nitrogens with one attached hydrogen (secondary N) is 2. The normalized spacial score (nSPS) is 11.1. The summed E-state index contributed by atoms with van der Waals surface area (Å²) in [4.78, 5) is 23.8. The van der Waals surface area contributed by atoms with Crippen LogP contribution in [0.3, 0.4) is 0 Å². The van der Waals surface area contributed by atoms with Crippen molar-refractivity contribution in [2.45, 2.75) is 19.3 Å². The number of nitrogens with zero attached hydrogens (tertiary/aromatic N) is 3. The lowest BCUT2D eigenvalue weighted by atomic mass is 10.1. The number of anilines is 2. The van der Waals surface area contributed by atoms with E-state index in [2.05, 4.69) is 20.3 Å². The number of carbonyl (C=O) groups excluding carboxylic acids is 1.